The van der Waals surface area contributed by atoms with Gasteiger partial charge in [0.05, 0.1) is 13.4 Å². The summed E-state index contributed by atoms with van der Waals surface area (Å²) < 4.78 is 11.3. The maximum atomic E-state index is 11.1. The molecule has 3 aromatic rings. The molecule has 0 fully saturated rings. The van der Waals surface area contributed by atoms with E-state index in [2.05, 4.69) is 17.4 Å². The molecule has 0 saturated carbocycles. The predicted molar refractivity (Wildman–Crippen MR) is 90.6 cm³/mol. The number of carbonyl (C=O) groups is 1. The Hall–Kier alpha value is -2.75. The minimum absolute atomic E-state index is 0.0290. The van der Waals surface area contributed by atoms with Gasteiger partial charge in [-0.25, -0.2) is 0 Å². The van der Waals surface area contributed by atoms with Gasteiger partial charge < -0.3 is 14.5 Å². The fourth-order valence-corrected chi connectivity index (χ4v) is 2.79. The van der Waals surface area contributed by atoms with Crippen molar-refractivity contribution in [1.29, 1.82) is 0 Å². The number of benzene rings is 2. The monoisotopic (exact) mass is 309 g/mol. The van der Waals surface area contributed by atoms with Gasteiger partial charge in [-0.1, -0.05) is 30.3 Å². The van der Waals surface area contributed by atoms with Crippen molar-refractivity contribution in [2.75, 3.05) is 13.7 Å². The van der Waals surface area contributed by atoms with Crippen molar-refractivity contribution in [3.05, 3.63) is 54.3 Å². The van der Waals surface area contributed by atoms with Crippen LogP contribution in [0.3, 0.4) is 0 Å². The van der Waals surface area contributed by atoms with E-state index in [1.54, 1.807) is 13.4 Å². The standard InChI is InChI=1S/C19H19NO3/c1-13(21)20-11-10-15-12-23-17-9-8-16(22-2)18(19(15)17)14-6-4-3-5-7-14/h3-9,12H,10-11H2,1-2H3,(H,20,21). The summed E-state index contributed by atoms with van der Waals surface area (Å²) in [5.41, 5.74) is 3.99. The van der Waals surface area contributed by atoms with Crippen molar-refractivity contribution in [2.45, 2.75) is 13.3 Å². The Labute approximate surface area is 135 Å². The average Bonchev–Trinajstić information content (AvgIpc) is 2.97. The molecule has 4 nitrogen and oxygen atoms in total. The van der Waals surface area contributed by atoms with E-state index >= 15 is 0 Å². The number of nitrogens with one attached hydrogen (secondary N) is 1. The molecule has 118 valence electrons. The molecular formula is C19H19NO3. The van der Waals surface area contributed by atoms with Gasteiger partial charge in [-0.2, -0.15) is 0 Å². The van der Waals surface area contributed by atoms with E-state index in [1.165, 1.54) is 6.92 Å². The zero-order chi connectivity index (χ0) is 16.2. The zero-order valence-electron chi connectivity index (χ0n) is 13.3. The number of methoxy groups -OCH3 is 1. The fourth-order valence-electron chi connectivity index (χ4n) is 2.79. The number of hydrogen-bond donors (Lipinski definition) is 1. The molecule has 23 heavy (non-hydrogen) atoms. The van der Waals surface area contributed by atoms with Crippen LogP contribution in [0.5, 0.6) is 5.75 Å². The number of ether oxygens (including phenoxy) is 1. The second kappa shape index (κ2) is 6.57. The highest BCUT2D eigenvalue weighted by Crippen LogP contribution is 2.39. The van der Waals surface area contributed by atoms with Crippen molar-refractivity contribution < 1.29 is 13.9 Å². The summed E-state index contributed by atoms with van der Waals surface area (Å²) in [5.74, 6) is 0.782. The third kappa shape index (κ3) is 3.06. The minimum Gasteiger partial charge on any atom is -0.496 e. The van der Waals surface area contributed by atoms with Crippen LogP contribution in [0, 0.1) is 0 Å². The van der Waals surface area contributed by atoms with E-state index in [1.807, 2.05) is 30.3 Å². The van der Waals surface area contributed by atoms with Crippen LogP contribution in [-0.4, -0.2) is 19.6 Å². The fraction of sp³-hybridized carbons (Fsp3) is 0.211. The molecule has 1 N–H and O–H groups in total. The minimum atomic E-state index is -0.0290. The number of carbonyl (C=O) groups excluding carboxylic acids is 1. The van der Waals surface area contributed by atoms with Gasteiger partial charge in [0.2, 0.25) is 5.91 Å². The molecule has 0 saturated heterocycles. The Balaban J connectivity index is 2.11. The first-order valence-corrected chi connectivity index (χ1v) is 7.57. The van der Waals surface area contributed by atoms with Crippen LogP contribution in [0.25, 0.3) is 22.1 Å². The molecule has 0 aliphatic carbocycles. The molecule has 0 aliphatic heterocycles. The Kier molecular flexibility index (Phi) is 4.33. The lowest BCUT2D eigenvalue weighted by molar-refractivity contribution is -0.118. The van der Waals surface area contributed by atoms with Crippen LogP contribution in [0.2, 0.25) is 0 Å². The Bertz CT molecular complexity index is 821. The van der Waals surface area contributed by atoms with Crippen LogP contribution in [0.1, 0.15) is 12.5 Å². The lowest BCUT2D eigenvalue weighted by Crippen LogP contribution is -2.22. The molecular weight excluding hydrogens is 290 g/mol. The van der Waals surface area contributed by atoms with Crippen LogP contribution in [0.15, 0.2) is 53.1 Å². The van der Waals surface area contributed by atoms with E-state index in [9.17, 15) is 4.79 Å². The smallest absolute Gasteiger partial charge is 0.216 e. The molecule has 0 atom stereocenters. The van der Waals surface area contributed by atoms with Crippen molar-refractivity contribution in [1.82, 2.24) is 5.32 Å². The summed E-state index contributed by atoms with van der Waals surface area (Å²) in [6, 6.07) is 14.0. The first-order chi connectivity index (χ1) is 11.2. The quantitative estimate of drug-likeness (QED) is 0.780. The first kappa shape index (κ1) is 15.2. The van der Waals surface area contributed by atoms with Gasteiger partial charge in [0.25, 0.3) is 0 Å². The van der Waals surface area contributed by atoms with E-state index in [4.69, 9.17) is 9.15 Å². The van der Waals surface area contributed by atoms with Crippen molar-refractivity contribution in [2.24, 2.45) is 0 Å². The molecule has 0 unspecified atom stereocenters. The Morgan fingerprint density at radius 3 is 2.65 bits per heavy atom. The lowest BCUT2D eigenvalue weighted by atomic mass is 9.97. The predicted octanol–water partition coefficient (Wildman–Crippen LogP) is 3.79. The number of amides is 1. The Morgan fingerprint density at radius 1 is 1.17 bits per heavy atom. The van der Waals surface area contributed by atoms with Gasteiger partial charge >= 0.3 is 0 Å². The molecule has 1 aromatic heterocycles. The van der Waals surface area contributed by atoms with Gasteiger partial charge in [0.15, 0.2) is 0 Å². The van der Waals surface area contributed by atoms with Crippen LogP contribution < -0.4 is 10.1 Å². The molecule has 0 spiro atoms. The molecule has 1 amide bonds. The second-order valence-electron chi connectivity index (χ2n) is 5.38. The van der Waals surface area contributed by atoms with Crippen molar-refractivity contribution in [3.63, 3.8) is 0 Å². The molecule has 0 bridgehead atoms. The van der Waals surface area contributed by atoms with E-state index in [-0.39, 0.29) is 5.91 Å². The maximum absolute atomic E-state index is 11.1. The SMILES string of the molecule is COc1ccc2occ(CCNC(C)=O)c2c1-c1ccccc1. The summed E-state index contributed by atoms with van der Waals surface area (Å²) in [6.07, 6.45) is 2.47. The summed E-state index contributed by atoms with van der Waals surface area (Å²) in [6.45, 7) is 2.10. The molecule has 3 rings (SSSR count). The highest BCUT2D eigenvalue weighted by Gasteiger charge is 2.16. The molecule has 1 heterocycles. The zero-order valence-corrected chi connectivity index (χ0v) is 13.3. The summed E-state index contributed by atoms with van der Waals surface area (Å²) in [5, 5.41) is 3.87. The number of rotatable bonds is 5. The highest BCUT2D eigenvalue weighted by atomic mass is 16.5. The first-order valence-electron chi connectivity index (χ1n) is 7.57. The number of fused-ring (bicyclic) bond motifs is 1. The molecule has 4 heteroatoms. The largest absolute Gasteiger partial charge is 0.496 e. The molecule has 0 radical (unpaired) electrons. The third-order valence-corrected chi connectivity index (χ3v) is 3.83. The van der Waals surface area contributed by atoms with E-state index in [0.717, 1.165) is 33.4 Å². The summed E-state index contributed by atoms with van der Waals surface area (Å²) >= 11 is 0. The topological polar surface area (TPSA) is 51.5 Å². The van der Waals surface area contributed by atoms with E-state index in [0.29, 0.717) is 13.0 Å². The van der Waals surface area contributed by atoms with Crippen LogP contribution in [0.4, 0.5) is 0 Å². The second-order valence-corrected chi connectivity index (χ2v) is 5.38. The van der Waals surface area contributed by atoms with Gasteiger partial charge in [0, 0.05) is 30.0 Å². The normalized spacial score (nSPS) is 10.7. The summed E-state index contributed by atoms with van der Waals surface area (Å²) in [7, 11) is 1.67. The van der Waals surface area contributed by atoms with E-state index < -0.39 is 0 Å². The van der Waals surface area contributed by atoms with Crippen LogP contribution in [-0.2, 0) is 11.2 Å². The number of hydrogen-bond acceptors (Lipinski definition) is 3. The molecule has 2 aromatic carbocycles. The highest BCUT2D eigenvalue weighted by molar-refractivity contribution is 5.99. The van der Waals surface area contributed by atoms with Crippen molar-refractivity contribution >= 4 is 16.9 Å². The van der Waals surface area contributed by atoms with Gasteiger partial charge in [-0.15, -0.1) is 0 Å². The third-order valence-electron chi connectivity index (χ3n) is 3.83. The van der Waals surface area contributed by atoms with Gasteiger partial charge in [-0.3, -0.25) is 4.79 Å². The van der Waals surface area contributed by atoms with Crippen molar-refractivity contribution in [3.8, 4) is 16.9 Å². The number of furan rings is 1. The summed E-state index contributed by atoms with van der Waals surface area (Å²) in [4.78, 5) is 11.1. The average molecular weight is 309 g/mol. The molecule has 0 aliphatic rings. The van der Waals surface area contributed by atoms with Gasteiger partial charge in [0.1, 0.15) is 11.3 Å². The lowest BCUT2D eigenvalue weighted by Gasteiger charge is -2.11. The Morgan fingerprint density at radius 2 is 1.96 bits per heavy atom. The van der Waals surface area contributed by atoms with Gasteiger partial charge in [-0.05, 0) is 24.1 Å². The maximum Gasteiger partial charge on any atom is 0.216 e. The van der Waals surface area contributed by atoms with Crippen LogP contribution >= 0.6 is 0 Å².